The molecule has 1 fully saturated rings. The molecule has 1 amide bonds. The fourth-order valence-corrected chi connectivity index (χ4v) is 5.09. The standard InChI is InChI=1S/C27H36N4O/c1-21-18-22(2)20-30(19-21)16-9-15-28-26(32)14-8-17-31-25-13-7-6-12-24(25)27(29-31)23-10-4-3-5-11-23/h3-7,10-13,21-22H,8-9,14-20H2,1-2H3,(H,28,32)/t21-,22-/m1/s1. The molecule has 0 unspecified atom stereocenters. The molecule has 1 saturated heterocycles. The van der Waals surface area contributed by atoms with Gasteiger partial charge in [0.25, 0.3) is 0 Å². The van der Waals surface area contributed by atoms with Gasteiger partial charge in [-0.3, -0.25) is 9.48 Å². The van der Waals surface area contributed by atoms with Gasteiger partial charge in [0.15, 0.2) is 0 Å². The number of amides is 1. The summed E-state index contributed by atoms with van der Waals surface area (Å²) in [7, 11) is 0. The van der Waals surface area contributed by atoms with Crippen LogP contribution in [0.5, 0.6) is 0 Å². The van der Waals surface area contributed by atoms with Crippen LogP contribution in [0.1, 0.15) is 39.5 Å². The first-order chi connectivity index (χ1) is 15.6. The van der Waals surface area contributed by atoms with Crippen LogP contribution < -0.4 is 5.32 Å². The molecule has 2 heterocycles. The minimum absolute atomic E-state index is 0.144. The third-order valence-corrected chi connectivity index (χ3v) is 6.40. The van der Waals surface area contributed by atoms with Gasteiger partial charge in [-0.05, 0) is 43.7 Å². The summed E-state index contributed by atoms with van der Waals surface area (Å²) in [4.78, 5) is 14.9. The van der Waals surface area contributed by atoms with Crippen LogP contribution in [0.25, 0.3) is 22.2 Å². The maximum Gasteiger partial charge on any atom is 0.220 e. The smallest absolute Gasteiger partial charge is 0.220 e. The SMILES string of the molecule is C[C@@H]1C[C@@H](C)CN(CCCNC(=O)CCCn2nc(-c3ccccc3)c3ccccc32)C1. The molecule has 0 saturated carbocycles. The van der Waals surface area contributed by atoms with E-state index in [0.717, 1.165) is 66.5 Å². The third-order valence-electron chi connectivity index (χ3n) is 6.40. The van der Waals surface area contributed by atoms with Gasteiger partial charge in [0.2, 0.25) is 5.91 Å². The van der Waals surface area contributed by atoms with Gasteiger partial charge in [-0.1, -0.05) is 62.4 Å². The van der Waals surface area contributed by atoms with E-state index < -0.39 is 0 Å². The van der Waals surface area contributed by atoms with Crippen molar-refractivity contribution in [3.8, 4) is 11.3 Å². The van der Waals surface area contributed by atoms with E-state index in [2.05, 4.69) is 54.4 Å². The molecule has 0 radical (unpaired) electrons. The summed E-state index contributed by atoms with van der Waals surface area (Å²) in [5, 5.41) is 9.14. The number of hydrogen-bond donors (Lipinski definition) is 1. The lowest BCUT2D eigenvalue weighted by Crippen LogP contribution is -2.40. The number of aryl methyl sites for hydroxylation is 1. The molecule has 170 valence electrons. The zero-order chi connectivity index (χ0) is 22.3. The Kier molecular flexibility index (Phi) is 7.59. The summed E-state index contributed by atoms with van der Waals surface area (Å²) in [6, 6.07) is 18.6. The van der Waals surface area contributed by atoms with Crippen LogP contribution >= 0.6 is 0 Å². The molecule has 4 rings (SSSR count). The number of para-hydroxylation sites is 1. The van der Waals surface area contributed by atoms with E-state index in [0.29, 0.717) is 6.42 Å². The first kappa shape index (κ1) is 22.5. The van der Waals surface area contributed by atoms with Crippen molar-refractivity contribution in [1.29, 1.82) is 0 Å². The Balaban J connectivity index is 1.24. The van der Waals surface area contributed by atoms with Gasteiger partial charge in [0, 0.05) is 43.5 Å². The zero-order valence-corrected chi connectivity index (χ0v) is 19.5. The highest BCUT2D eigenvalue weighted by molar-refractivity contribution is 5.93. The number of rotatable bonds is 9. The van der Waals surface area contributed by atoms with Crippen LogP contribution in [0, 0.1) is 11.8 Å². The maximum atomic E-state index is 12.3. The quantitative estimate of drug-likeness (QED) is 0.486. The Labute approximate surface area is 191 Å². The molecule has 0 aliphatic carbocycles. The van der Waals surface area contributed by atoms with E-state index in [-0.39, 0.29) is 5.91 Å². The Morgan fingerprint density at radius 2 is 1.69 bits per heavy atom. The number of piperidine rings is 1. The van der Waals surface area contributed by atoms with Gasteiger partial charge in [0.1, 0.15) is 5.69 Å². The molecule has 3 aromatic rings. The molecule has 1 aliphatic heterocycles. The van der Waals surface area contributed by atoms with E-state index >= 15 is 0 Å². The highest BCUT2D eigenvalue weighted by Crippen LogP contribution is 2.28. The minimum Gasteiger partial charge on any atom is -0.356 e. The first-order valence-electron chi connectivity index (χ1n) is 12.1. The van der Waals surface area contributed by atoms with Crippen molar-refractivity contribution in [2.24, 2.45) is 11.8 Å². The summed E-state index contributed by atoms with van der Waals surface area (Å²) in [5.41, 5.74) is 3.25. The molecular formula is C27H36N4O. The number of likely N-dealkylation sites (tertiary alicyclic amines) is 1. The van der Waals surface area contributed by atoms with Gasteiger partial charge >= 0.3 is 0 Å². The average Bonchev–Trinajstić information content (AvgIpc) is 3.16. The number of nitrogens with one attached hydrogen (secondary N) is 1. The topological polar surface area (TPSA) is 50.2 Å². The van der Waals surface area contributed by atoms with Gasteiger partial charge in [-0.2, -0.15) is 5.10 Å². The second-order valence-electron chi connectivity index (χ2n) is 9.47. The summed E-state index contributed by atoms with van der Waals surface area (Å²) in [6.45, 7) is 9.66. The summed E-state index contributed by atoms with van der Waals surface area (Å²) in [5.74, 6) is 1.72. The van der Waals surface area contributed by atoms with Gasteiger partial charge in [-0.15, -0.1) is 0 Å². The summed E-state index contributed by atoms with van der Waals surface area (Å²) in [6.07, 6.45) is 3.68. The number of nitrogens with zero attached hydrogens (tertiary/aromatic N) is 3. The molecule has 32 heavy (non-hydrogen) atoms. The fourth-order valence-electron chi connectivity index (χ4n) is 5.09. The molecule has 1 aliphatic rings. The van der Waals surface area contributed by atoms with E-state index in [1.165, 1.54) is 19.5 Å². The maximum absolute atomic E-state index is 12.3. The lowest BCUT2D eigenvalue weighted by molar-refractivity contribution is -0.121. The second kappa shape index (κ2) is 10.8. The predicted octanol–water partition coefficient (Wildman–Crippen LogP) is 4.97. The lowest BCUT2D eigenvalue weighted by atomic mass is 9.92. The summed E-state index contributed by atoms with van der Waals surface area (Å²) >= 11 is 0. The Morgan fingerprint density at radius 1 is 0.969 bits per heavy atom. The van der Waals surface area contributed by atoms with Crippen molar-refractivity contribution in [2.45, 2.75) is 46.1 Å². The third kappa shape index (κ3) is 5.77. The van der Waals surface area contributed by atoms with Crippen molar-refractivity contribution < 1.29 is 4.79 Å². The number of hydrogen-bond acceptors (Lipinski definition) is 3. The number of benzene rings is 2. The normalized spacial score (nSPS) is 19.3. The molecule has 2 atom stereocenters. The Bertz CT molecular complexity index is 1000. The van der Waals surface area contributed by atoms with E-state index in [4.69, 9.17) is 5.10 Å². The molecule has 0 spiro atoms. The molecule has 0 bridgehead atoms. The van der Waals surface area contributed by atoms with Crippen molar-refractivity contribution in [1.82, 2.24) is 20.0 Å². The molecular weight excluding hydrogens is 396 g/mol. The van der Waals surface area contributed by atoms with Crippen LogP contribution in [0.2, 0.25) is 0 Å². The van der Waals surface area contributed by atoms with Crippen LogP contribution in [0.3, 0.4) is 0 Å². The predicted molar refractivity (Wildman–Crippen MR) is 131 cm³/mol. The highest BCUT2D eigenvalue weighted by atomic mass is 16.1. The van der Waals surface area contributed by atoms with Crippen molar-refractivity contribution in [3.63, 3.8) is 0 Å². The highest BCUT2D eigenvalue weighted by Gasteiger charge is 2.21. The van der Waals surface area contributed by atoms with Crippen LogP contribution in [0.4, 0.5) is 0 Å². The van der Waals surface area contributed by atoms with Crippen LogP contribution in [-0.4, -0.2) is 46.8 Å². The number of carbonyl (C=O) groups excluding carboxylic acids is 1. The number of carbonyl (C=O) groups is 1. The zero-order valence-electron chi connectivity index (χ0n) is 19.5. The van der Waals surface area contributed by atoms with Gasteiger partial charge < -0.3 is 10.2 Å². The lowest BCUT2D eigenvalue weighted by Gasteiger charge is -2.34. The van der Waals surface area contributed by atoms with E-state index in [9.17, 15) is 4.79 Å². The van der Waals surface area contributed by atoms with Crippen molar-refractivity contribution in [2.75, 3.05) is 26.2 Å². The molecule has 5 heteroatoms. The fraction of sp³-hybridized carbons (Fsp3) is 0.481. The van der Waals surface area contributed by atoms with Crippen LogP contribution in [-0.2, 0) is 11.3 Å². The van der Waals surface area contributed by atoms with Crippen LogP contribution in [0.15, 0.2) is 54.6 Å². The van der Waals surface area contributed by atoms with Crippen molar-refractivity contribution >= 4 is 16.8 Å². The minimum atomic E-state index is 0.144. The molecule has 1 aromatic heterocycles. The molecule has 1 N–H and O–H groups in total. The monoisotopic (exact) mass is 432 g/mol. The molecule has 2 aromatic carbocycles. The summed E-state index contributed by atoms with van der Waals surface area (Å²) < 4.78 is 2.05. The second-order valence-corrected chi connectivity index (χ2v) is 9.47. The van der Waals surface area contributed by atoms with E-state index in [1.807, 2.05) is 28.9 Å². The van der Waals surface area contributed by atoms with Gasteiger partial charge in [-0.25, -0.2) is 0 Å². The number of aromatic nitrogens is 2. The van der Waals surface area contributed by atoms with Crippen molar-refractivity contribution in [3.05, 3.63) is 54.6 Å². The average molecular weight is 433 g/mol. The Hall–Kier alpha value is -2.66. The Morgan fingerprint density at radius 3 is 2.47 bits per heavy atom. The largest absolute Gasteiger partial charge is 0.356 e. The number of fused-ring (bicyclic) bond motifs is 1. The molecule has 5 nitrogen and oxygen atoms in total. The first-order valence-corrected chi connectivity index (χ1v) is 12.1. The van der Waals surface area contributed by atoms with E-state index in [1.54, 1.807) is 0 Å². The van der Waals surface area contributed by atoms with Gasteiger partial charge in [0.05, 0.1) is 5.52 Å².